The molecular formula is C11H24N2O2S. The second-order valence-electron chi connectivity index (χ2n) is 4.88. The van der Waals surface area contributed by atoms with Crippen LogP contribution in [0.4, 0.5) is 0 Å². The van der Waals surface area contributed by atoms with Gasteiger partial charge < -0.3 is 5.73 Å². The third-order valence-electron chi connectivity index (χ3n) is 3.16. The van der Waals surface area contributed by atoms with Gasteiger partial charge in [0.1, 0.15) is 0 Å². The number of sulfonamides is 1. The lowest BCUT2D eigenvalue weighted by atomic mass is 9.91. The largest absolute Gasteiger partial charge is 0.330 e. The highest BCUT2D eigenvalue weighted by atomic mass is 32.2. The van der Waals surface area contributed by atoms with E-state index in [0.29, 0.717) is 24.6 Å². The van der Waals surface area contributed by atoms with E-state index >= 15 is 0 Å². The van der Waals surface area contributed by atoms with Crippen LogP contribution in [-0.2, 0) is 10.0 Å². The first-order valence-electron chi connectivity index (χ1n) is 6.23. The highest BCUT2D eigenvalue weighted by Gasteiger charge is 2.22. The molecule has 1 fully saturated rings. The van der Waals surface area contributed by atoms with Gasteiger partial charge in [-0.15, -0.1) is 0 Å². The molecule has 0 aliphatic heterocycles. The van der Waals surface area contributed by atoms with Crippen molar-refractivity contribution in [1.82, 2.24) is 4.72 Å². The maximum atomic E-state index is 11.8. The minimum atomic E-state index is -3.11. The molecule has 96 valence electrons. The molecule has 0 aromatic carbocycles. The maximum absolute atomic E-state index is 11.8. The van der Waals surface area contributed by atoms with Crippen LogP contribution in [0.15, 0.2) is 0 Å². The van der Waals surface area contributed by atoms with Crippen molar-refractivity contribution in [2.45, 2.75) is 51.5 Å². The molecule has 0 amide bonds. The summed E-state index contributed by atoms with van der Waals surface area (Å²) in [7, 11) is -3.11. The third kappa shape index (κ3) is 5.27. The van der Waals surface area contributed by atoms with Crippen molar-refractivity contribution < 1.29 is 8.42 Å². The fourth-order valence-corrected chi connectivity index (χ4v) is 4.11. The fraction of sp³-hybridized carbons (Fsp3) is 1.00. The van der Waals surface area contributed by atoms with Crippen molar-refractivity contribution >= 4 is 10.0 Å². The Morgan fingerprint density at radius 1 is 1.31 bits per heavy atom. The van der Waals surface area contributed by atoms with E-state index in [1.165, 1.54) is 19.3 Å². The number of rotatable bonds is 6. The standard InChI is InChI=1S/C11H24N2O2S/c1-10(7-8-12)13-16(14,15)9-11-5-3-2-4-6-11/h10-11,13H,2-9,12H2,1H3. The van der Waals surface area contributed by atoms with Crippen LogP contribution in [0, 0.1) is 5.92 Å². The SMILES string of the molecule is CC(CCN)NS(=O)(=O)CC1CCCCC1. The van der Waals surface area contributed by atoms with E-state index < -0.39 is 10.0 Å². The molecule has 0 bridgehead atoms. The highest BCUT2D eigenvalue weighted by Crippen LogP contribution is 2.24. The molecule has 0 saturated heterocycles. The van der Waals surface area contributed by atoms with E-state index in [4.69, 9.17) is 5.73 Å². The zero-order valence-corrected chi connectivity index (χ0v) is 10.9. The summed E-state index contributed by atoms with van der Waals surface area (Å²) in [6.07, 6.45) is 6.44. The highest BCUT2D eigenvalue weighted by molar-refractivity contribution is 7.89. The Morgan fingerprint density at radius 3 is 2.50 bits per heavy atom. The first kappa shape index (κ1) is 13.9. The summed E-state index contributed by atoms with van der Waals surface area (Å²) in [4.78, 5) is 0. The van der Waals surface area contributed by atoms with Crippen LogP contribution in [-0.4, -0.2) is 26.8 Å². The molecule has 0 radical (unpaired) electrons. The van der Waals surface area contributed by atoms with E-state index in [9.17, 15) is 8.42 Å². The Hall–Kier alpha value is -0.130. The summed E-state index contributed by atoms with van der Waals surface area (Å²) < 4.78 is 26.4. The average Bonchev–Trinajstić information content (AvgIpc) is 2.17. The molecule has 3 N–H and O–H groups in total. The molecule has 1 atom stereocenters. The lowest BCUT2D eigenvalue weighted by Crippen LogP contribution is -2.37. The van der Waals surface area contributed by atoms with Crippen LogP contribution < -0.4 is 10.5 Å². The van der Waals surface area contributed by atoms with Crippen molar-refractivity contribution in [3.63, 3.8) is 0 Å². The summed E-state index contributed by atoms with van der Waals surface area (Å²) in [5.41, 5.74) is 5.40. The van der Waals surface area contributed by atoms with Crippen molar-refractivity contribution in [3.8, 4) is 0 Å². The third-order valence-corrected chi connectivity index (χ3v) is 4.83. The van der Waals surface area contributed by atoms with Gasteiger partial charge in [-0.3, -0.25) is 0 Å². The molecule has 5 heteroatoms. The Labute approximate surface area is 99.0 Å². The molecule has 1 saturated carbocycles. The predicted molar refractivity (Wildman–Crippen MR) is 66.6 cm³/mol. The van der Waals surface area contributed by atoms with Crippen molar-refractivity contribution in [3.05, 3.63) is 0 Å². The Balaban J connectivity index is 2.38. The summed E-state index contributed by atoms with van der Waals surface area (Å²) in [5.74, 6) is 0.651. The van der Waals surface area contributed by atoms with E-state index in [-0.39, 0.29) is 6.04 Å². The summed E-state index contributed by atoms with van der Waals surface area (Å²) in [6.45, 7) is 2.39. The fourth-order valence-electron chi connectivity index (χ4n) is 2.33. The lowest BCUT2D eigenvalue weighted by Gasteiger charge is -2.22. The van der Waals surface area contributed by atoms with Gasteiger partial charge in [0.2, 0.25) is 10.0 Å². The van der Waals surface area contributed by atoms with Crippen molar-refractivity contribution in [1.29, 1.82) is 0 Å². The molecule has 1 aliphatic carbocycles. The van der Waals surface area contributed by atoms with Gasteiger partial charge in [0.15, 0.2) is 0 Å². The zero-order chi connectivity index (χ0) is 12.0. The van der Waals surface area contributed by atoms with Crippen LogP contribution in [0.3, 0.4) is 0 Å². The Morgan fingerprint density at radius 2 is 1.94 bits per heavy atom. The van der Waals surface area contributed by atoms with Crippen LogP contribution in [0.2, 0.25) is 0 Å². The van der Waals surface area contributed by atoms with Crippen molar-refractivity contribution in [2.24, 2.45) is 11.7 Å². The van der Waals surface area contributed by atoms with E-state index in [0.717, 1.165) is 12.8 Å². The second kappa shape index (κ2) is 6.57. The maximum Gasteiger partial charge on any atom is 0.212 e. The van der Waals surface area contributed by atoms with E-state index in [1.807, 2.05) is 6.92 Å². The number of hydrogen-bond donors (Lipinski definition) is 2. The van der Waals surface area contributed by atoms with Crippen LogP contribution in [0.25, 0.3) is 0 Å². The molecule has 1 aliphatic rings. The van der Waals surface area contributed by atoms with Gasteiger partial charge in [-0.2, -0.15) is 0 Å². The molecule has 4 nitrogen and oxygen atoms in total. The Bertz CT molecular complexity index is 284. The number of nitrogens with two attached hydrogens (primary N) is 1. The molecule has 1 rings (SSSR count). The van der Waals surface area contributed by atoms with Gasteiger partial charge in [-0.05, 0) is 38.6 Å². The number of nitrogens with one attached hydrogen (secondary N) is 1. The summed E-state index contributed by atoms with van der Waals surface area (Å²) >= 11 is 0. The normalized spacial score (nSPS) is 20.9. The minimum Gasteiger partial charge on any atom is -0.330 e. The van der Waals surface area contributed by atoms with Crippen LogP contribution in [0.5, 0.6) is 0 Å². The molecular weight excluding hydrogens is 224 g/mol. The molecule has 16 heavy (non-hydrogen) atoms. The van der Waals surface area contributed by atoms with Crippen molar-refractivity contribution in [2.75, 3.05) is 12.3 Å². The number of hydrogen-bond acceptors (Lipinski definition) is 3. The monoisotopic (exact) mass is 248 g/mol. The quantitative estimate of drug-likeness (QED) is 0.742. The van der Waals surface area contributed by atoms with Gasteiger partial charge in [0.05, 0.1) is 5.75 Å². The van der Waals surface area contributed by atoms with Gasteiger partial charge in [-0.1, -0.05) is 19.3 Å². The topological polar surface area (TPSA) is 72.2 Å². The first-order valence-corrected chi connectivity index (χ1v) is 7.89. The zero-order valence-electron chi connectivity index (χ0n) is 10.1. The lowest BCUT2D eigenvalue weighted by molar-refractivity contribution is 0.383. The van der Waals surface area contributed by atoms with E-state index in [2.05, 4.69) is 4.72 Å². The smallest absolute Gasteiger partial charge is 0.212 e. The molecule has 0 heterocycles. The molecule has 1 unspecified atom stereocenters. The van der Waals surface area contributed by atoms with E-state index in [1.54, 1.807) is 0 Å². The second-order valence-corrected chi connectivity index (χ2v) is 6.68. The van der Waals surface area contributed by atoms with Gasteiger partial charge >= 0.3 is 0 Å². The van der Waals surface area contributed by atoms with Gasteiger partial charge in [0, 0.05) is 6.04 Å². The summed E-state index contributed by atoms with van der Waals surface area (Å²) in [5, 5.41) is 0. The van der Waals surface area contributed by atoms with Crippen LogP contribution in [0.1, 0.15) is 45.4 Å². The minimum absolute atomic E-state index is 0.0430. The average molecular weight is 248 g/mol. The Kier molecular flexibility index (Phi) is 5.72. The first-order chi connectivity index (χ1) is 7.53. The predicted octanol–water partition coefficient (Wildman–Crippen LogP) is 1.22. The molecule has 0 spiro atoms. The molecule has 0 aromatic rings. The van der Waals surface area contributed by atoms with Crippen LogP contribution >= 0.6 is 0 Å². The van der Waals surface area contributed by atoms with Gasteiger partial charge in [0.25, 0.3) is 0 Å². The molecule has 0 aromatic heterocycles. The summed E-state index contributed by atoms with van der Waals surface area (Å²) in [6, 6.07) is -0.0430. The van der Waals surface area contributed by atoms with Gasteiger partial charge in [-0.25, -0.2) is 13.1 Å².